The molecule has 0 aromatic heterocycles. The highest BCUT2D eigenvalue weighted by molar-refractivity contribution is 7.92. The second-order valence-electron chi connectivity index (χ2n) is 5.61. The average molecular weight is 278 g/mol. The molecular weight excluding hydrogens is 256 g/mol. The summed E-state index contributed by atoms with van der Waals surface area (Å²) >= 11 is 0. The first kappa shape index (κ1) is 15.4. The van der Waals surface area contributed by atoms with Gasteiger partial charge in [-0.1, -0.05) is 0 Å². The topological polar surface area (TPSA) is 69.7 Å². The fourth-order valence-electron chi connectivity index (χ4n) is 1.95. The molecule has 0 aromatic rings. The number of carbonyl (C=O) groups excluding carboxylic acids is 1. The van der Waals surface area contributed by atoms with E-state index < -0.39 is 26.7 Å². The lowest BCUT2D eigenvalue weighted by Gasteiger charge is -2.20. The Bertz CT molecular complexity index is 393. The molecule has 1 saturated heterocycles. The highest BCUT2D eigenvalue weighted by Crippen LogP contribution is 2.22. The zero-order chi connectivity index (χ0) is 14.0. The van der Waals surface area contributed by atoms with Gasteiger partial charge in [-0.25, -0.2) is 8.42 Å². The van der Waals surface area contributed by atoms with Gasteiger partial charge in [0.2, 0.25) is 0 Å². The van der Waals surface area contributed by atoms with Gasteiger partial charge in [0.25, 0.3) is 0 Å². The number of sulfone groups is 1. The minimum atomic E-state index is -3.29. The first-order valence-electron chi connectivity index (χ1n) is 6.17. The molecule has 0 N–H and O–H groups in total. The molecule has 2 unspecified atom stereocenters. The molecule has 0 aromatic carbocycles. The second kappa shape index (κ2) is 5.57. The Morgan fingerprint density at radius 3 is 2.44 bits per heavy atom. The van der Waals surface area contributed by atoms with E-state index in [1.807, 2.05) is 0 Å². The van der Waals surface area contributed by atoms with Gasteiger partial charge in [-0.3, -0.25) is 4.79 Å². The largest absolute Gasteiger partial charge is 0.460 e. The van der Waals surface area contributed by atoms with Crippen LogP contribution >= 0.6 is 0 Å². The molecule has 0 radical (unpaired) electrons. The number of hydrogen-bond acceptors (Lipinski definition) is 5. The van der Waals surface area contributed by atoms with E-state index in [-0.39, 0.29) is 18.3 Å². The third-order valence-corrected chi connectivity index (χ3v) is 5.09. The molecule has 18 heavy (non-hydrogen) atoms. The second-order valence-corrected chi connectivity index (χ2v) is 7.95. The van der Waals surface area contributed by atoms with E-state index >= 15 is 0 Å². The van der Waals surface area contributed by atoms with Crippen LogP contribution in [0.4, 0.5) is 0 Å². The molecule has 6 heteroatoms. The molecule has 0 amide bonds. The van der Waals surface area contributed by atoms with E-state index in [4.69, 9.17) is 9.47 Å². The van der Waals surface area contributed by atoms with Gasteiger partial charge in [-0.2, -0.15) is 0 Å². The monoisotopic (exact) mass is 278 g/mol. The van der Waals surface area contributed by atoms with Crippen molar-refractivity contribution in [1.29, 1.82) is 0 Å². The minimum Gasteiger partial charge on any atom is -0.460 e. The van der Waals surface area contributed by atoms with Crippen LogP contribution in [0.5, 0.6) is 0 Å². The summed E-state index contributed by atoms with van der Waals surface area (Å²) < 4.78 is 34.4. The molecule has 106 valence electrons. The van der Waals surface area contributed by atoms with Crippen LogP contribution < -0.4 is 0 Å². The molecule has 1 aliphatic heterocycles. The van der Waals surface area contributed by atoms with E-state index in [0.717, 1.165) is 0 Å². The number of carbonyl (C=O) groups is 1. The van der Waals surface area contributed by atoms with Gasteiger partial charge in [-0.15, -0.1) is 0 Å². The lowest BCUT2D eigenvalue weighted by atomic mass is 10.2. The third kappa shape index (κ3) is 4.57. The zero-order valence-corrected chi connectivity index (χ0v) is 12.2. The van der Waals surface area contributed by atoms with Gasteiger partial charge in [-0.05, 0) is 34.1 Å². The van der Waals surface area contributed by atoms with E-state index in [2.05, 4.69) is 0 Å². The number of ether oxygens (including phenoxy) is 2. The molecular formula is C12H22O5S. The van der Waals surface area contributed by atoms with Crippen molar-refractivity contribution >= 4 is 15.8 Å². The van der Waals surface area contributed by atoms with E-state index in [0.29, 0.717) is 13.0 Å². The third-order valence-electron chi connectivity index (χ3n) is 2.78. The predicted octanol–water partition coefficient (Wildman–Crippen LogP) is 1.31. The quantitative estimate of drug-likeness (QED) is 0.725. The van der Waals surface area contributed by atoms with E-state index in [1.54, 1.807) is 27.7 Å². The van der Waals surface area contributed by atoms with Crippen molar-refractivity contribution in [3.8, 4) is 0 Å². The van der Waals surface area contributed by atoms with Crippen molar-refractivity contribution in [2.45, 2.75) is 57.5 Å². The Morgan fingerprint density at radius 2 is 2.00 bits per heavy atom. The van der Waals surface area contributed by atoms with Gasteiger partial charge >= 0.3 is 5.97 Å². The smallest absolute Gasteiger partial charge is 0.307 e. The van der Waals surface area contributed by atoms with Crippen molar-refractivity contribution in [3.63, 3.8) is 0 Å². The fourth-order valence-corrected chi connectivity index (χ4v) is 3.82. The van der Waals surface area contributed by atoms with Crippen LogP contribution in [0.2, 0.25) is 0 Å². The SMILES string of the molecule is CC1OCCC1S(=O)(=O)CCC(=O)OC(C)(C)C. The van der Waals surface area contributed by atoms with Crippen molar-refractivity contribution in [2.75, 3.05) is 12.4 Å². The summed E-state index contributed by atoms with van der Waals surface area (Å²) in [5, 5.41) is -0.486. The molecule has 0 spiro atoms. The summed E-state index contributed by atoms with van der Waals surface area (Å²) in [6, 6.07) is 0. The summed E-state index contributed by atoms with van der Waals surface area (Å²) in [5.41, 5.74) is -0.579. The molecule has 0 aliphatic carbocycles. The molecule has 0 saturated carbocycles. The van der Waals surface area contributed by atoms with E-state index in [1.165, 1.54) is 0 Å². The standard InChI is InChI=1S/C12H22O5S/c1-9-10(5-7-16-9)18(14,15)8-6-11(13)17-12(2,3)4/h9-10H,5-8H2,1-4H3. The molecule has 2 atom stereocenters. The summed E-state index contributed by atoms with van der Waals surface area (Å²) in [7, 11) is -3.29. The maximum atomic E-state index is 12.0. The minimum absolute atomic E-state index is 0.0944. The fraction of sp³-hybridized carbons (Fsp3) is 0.917. The van der Waals surface area contributed by atoms with Gasteiger partial charge in [0.15, 0.2) is 9.84 Å². The first-order valence-corrected chi connectivity index (χ1v) is 7.88. The maximum absolute atomic E-state index is 12.0. The van der Waals surface area contributed by atoms with E-state index in [9.17, 15) is 13.2 Å². The molecule has 1 heterocycles. The molecule has 1 aliphatic rings. The van der Waals surface area contributed by atoms with Crippen LogP contribution in [-0.4, -0.2) is 43.7 Å². The Labute approximate surface area is 109 Å². The first-order chi connectivity index (χ1) is 8.12. The molecule has 0 bridgehead atoms. The predicted molar refractivity (Wildman–Crippen MR) is 68.1 cm³/mol. The highest BCUT2D eigenvalue weighted by atomic mass is 32.2. The zero-order valence-electron chi connectivity index (χ0n) is 11.4. The Balaban J connectivity index is 2.50. The van der Waals surface area contributed by atoms with Crippen molar-refractivity contribution < 1.29 is 22.7 Å². The van der Waals surface area contributed by atoms with Crippen molar-refractivity contribution in [3.05, 3.63) is 0 Å². The van der Waals surface area contributed by atoms with Gasteiger partial charge < -0.3 is 9.47 Å². The Hall–Kier alpha value is -0.620. The van der Waals surface area contributed by atoms with Crippen LogP contribution in [0.15, 0.2) is 0 Å². The van der Waals surface area contributed by atoms with Crippen molar-refractivity contribution in [1.82, 2.24) is 0 Å². The number of esters is 1. The van der Waals surface area contributed by atoms with Crippen molar-refractivity contribution in [2.24, 2.45) is 0 Å². The van der Waals surface area contributed by atoms with Gasteiger partial charge in [0, 0.05) is 6.61 Å². The van der Waals surface area contributed by atoms with Crippen LogP contribution in [0.25, 0.3) is 0 Å². The lowest BCUT2D eigenvalue weighted by molar-refractivity contribution is -0.154. The molecule has 1 fully saturated rings. The Kier molecular flexibility index (Phi) is 4.78. The van der Waals surface area contributed by atoms with Gasteiger partial charge in [0.05, 0.1) is 23.5 Å². The average Bonchev–Trinajstić information content (AvgIpc) is 2.60. The summed E-state index contributed by atoms with van der Waals surface area (Å²) in [6.45, 7) is 7.49. The van der Waals surface area contributed by atoms with Gasteiger partial charge in [0.1, 0.15) is 5.60 Å². The summed E-state index contributed by atoms with van der Waals surface area (Å²) in [5.74, 6) is -0.641. The van der Waals surface area contributed by atoms with Crippen LogP contribution in [-0.2, 0) is 24.1 Å². The molecule has 1 rings (SSSR count). The summed E-state index contributed by atoms with van der Waals surface area (Å²) in [4.78, 5) is 11.5. The van der Waals surface area contributed by atoms with Crippen LogP contribution in [0.1, 0.15) is 40.5 Å². The normalized spacial score (nSPS) is 25.1. The number of rotatable bonds is 4. The Morgan fingerprint density at radius 1 is 1.39 bits per heavy atom. The van der Waals surface area contributed by atoms with Crippen LogP contribution in [0.3, 0.4) is 0 Å². The van der Waals surface area contributed by atoms with Crippen LogP contribution in [0, 0.1) is 0 Å². The lowest BCUT2D eigenvalue weighted by Crippen LogP contribution is -2.32. The summed E-state index contributed by atoms with van der Waals surface area (Å²) in [6.07, 6.45) is 0.134. The molecule has 5 nitrogen and oxygen atoms in total. The maximum Gasteiger partial charge on any atom is 0.307 e. The highest BCUT2D eigenvalue weighted by Gasteiger charge is 2.35. The number of hydrogen-bond donors (Lipinski definition) is 0.